The van der Waals surface area contributed by atoms with Gasteiger partial charge in [-0.25, -0.2) is 0 Å². The Morgan fingerprint density at radius 2 is 1.52 bits per heavy atom. The molecule has 1 aromatic rings. The summed E-state index contributed by atoms with van der Waals surface area (Å²) in [6.07, 6.45) is 8.08. The normalized spacial score (nSPS) is 11.7. The van der Waals surface area contributed by atoms with E-state index in [9.17, 15) is 4.79 Å². The van der Waals surface area contributed by atoms with E-state index in [-0.39, 0.29) is 24.2 Å². The van der Waals surface area contributed by atoms with Crippen molar-refractivity contribution < 1.29 is 4.79 Å². The van der Waals surface area contributed by atoms with Crippen LogP contribution in [0.4, 0.5) is 0 Å². The van der Waals surface area contributed by atoms with Crippen molar-refractivity contribution in [1.82, 2.24) is 0 Å². The SMILES string of the molecule is Cl.NCCCCCCCCC(=O)[C@@H](N)Cc1ccccc1. The van der Waals surface area contributed by atoms with E-state index in [2.05, 4.69) is 0 Å². The molecule has 1 rings (SSSR count). The van der Waals surface area contributed by atoms with Gasteiger partial charge in [0, 0.05) is 6.42 Å². The van der Waals surface area contributed by atoms with Gasteiger partial charge >= 0.3 is 0 Å². The first-order valence-corrected chi connectivity index (χ1v) is 7.76. The molecule has 0 aromatic heterocycles. The number of nitrogens with two attached hydrogens (primary N) is 2. The fourth-order valence-electron chi connectivity index (χ4n) is 2.32. The molecular weight excluding hydrogens is 284 g/mol. The van der Waals surface area contributed by atoms with Crippen LogP contribution in [-0.2, 0) is 11.2 Å². The van der Waals surface area contributed by atoms with Gasteiger partial charge in [-0.1, -0.05) is 56.0 Å². The first-order valence-electron chi connectivity index (χ1n) is 7.76. The van der Waals surface area contributed by atoms with Gasteiger partial charge < -0.3 is 11.5 Å². The van der Waals surface area contributed by atoms with E-state index in [1.807, 2.05) is 30.3 Å². The minimum Gasteiger partial charge on any atom is -0.330 e. The molecule has 0 bridgehead atoms. The van der Waals surface area contributed by atoms with E-state index in [0.29, 0.717) is 12.8 Å². The highest BCUT2D eigenvalue weighted by Gasteiger charge is 2.13. The van der Waals surface area contributed by atoms with Gasteiger partial charge in [-0.05, 0) is 31.4 Å². The lowest BCUT2D eigenvalue weighted by Gasteiger charge is -2.10. The molecule has 0 amide bonds. The predicted molar refractivity (Wildman–Crippen MR) is 91.7 cm³/mol. The number of halogens is 1. The van der Waals surface area contributed by atoms with Crippen LogP contribution in [0.1, 0.15) is 50.5 Å². The second kappa shape index (κ2) is 12.8. The first kappa shape index (κ1) is 20.1. The summed E-state index contributed by atoms with van der Waals surface area (Å²) in [6, 6.07) is 9.62. The molecule has 0 spiro atoms. The maximum atomic E-state index is 11.9. The van der Waals surface area contributed by atoms with Crippen molar-refractivity contribution in [3.05, 3.63) is 35.9 Å². The molecule has 120 valence electrons. The van der Waals surface area contributed by atoms with Crippen LogP contribution in [-0.4, -0.2) is 18.4 Å². The van der Waals surface area contributed by atoms with Crippen LogP contribution in [0, 0.1) is 0 Å². The van der Waals surface area contributed by atoms with Gasteiger partial charge in [0.25, 0.3) is 0 Å². The highest BCUT2D eigenvalue weighted by Crippen LogP contribution is 2.09. The number of hydrogen-bond donors (Lipinski definition) is 2. The Morgan fingerprint density at radius 1 is 0.952 bits per heavy atom. The molecule has 1 aromatic carbocycles. The molecule has 0 radical (unpaired) electrons. The van der Waals surface area contributed by atoms with Crippen LogP contribution in [0.15, 0.2) is 30.3 Å². The zero-order valence-electron chi connectivity index (χ0n) is 12.8. The van der Waals surface area contributed by atoms with E-state index in [0.717, 1.165) is 31.4 Å². The van der Waals surface area contributed by atoms with E-state index in [4.69, 9.17) is 11.5 Å². The topological polar surface area (TPSA) is 69.1 Å². The quantitative estimate of drug-likeness (QED) is 0.616. The minimum atomic E-state index is -0.352. The fraction of sp³-hybridized carbons (Fsp3) is 0.588. The molecule has 1 atom stereocenters. The molecule has 0 unspecified atom stereocenters. The maximum Gasteiger partial charge on any atom is 0.149 e. The summed E-state index contributed by atoms with van der Waals surface area (Å²) in [4.78, 5) is 11.9. The molecule has 0 heterocycles. The van der Waals surface area contributed by atoms with Gasteiger partial charge in [0.2, 0.25) is 0 Å². The number of ketones is 1. The molecule has 21 heavy (non-hydrogen) atoms. The second-order valence-corrected chi connectivity index (χ2v) is 5.42. The number of carbonyl (C=O) groups is 1. The number of rotatable bonds is 11. The van der Waals surface area contributed by atoms with Crippen molar-refractivity contribution in [2.75, 3.05) is 6.54 Å². The number of hydrogen-bond acceptors (Lipinski definition) is 3. The summed E-state index contributed by atoms with van der Waals surface area (Å²) in [7, 11) is 0. The smallest absolute Gasteiger partial charge is 0.149 e. The molecule has 0 saturated carbocycles. The van der Waals surface area contributed by atoms with Gasteiger partial charge in [0.1, 0.15) is 5.78 Å². The number of carbonyl (C=O) groups excluding carboxylic acids is 1. The fourth-order valence-corrected chi connectivity index (χ4v) is 2.32. The third kappa shape index (κ3) is 9.62. The Bertz CT molecular complexity index is 370. The van der Waals surface area contributed by atoms with Crippen LogP contribution in [0.3, 0.4) is 0 Å². The standard InChI is InChI=1S/C17H28N2O.ClH/c18-13-9-4-2-1-3-8-12-17(20)16(19)14-15-10-6-5-7-11-15;/h5-7,10-11,16H,1-4,8-9,12-14,18-19H2;1H/t16-;/m0./s1. The molecule has 3 nitrogen and oxygen atoms in total. The maximum absolute atomic E-state index is 11.9. The Hall–Kier alpha value is -0.900. The van der Waals surface area contributed by atoms with Crippen molar-refractivity contribution in [3.8, 4) is 0 Å². The van der Waals surface area contributed by atoms with E-state index < -0.39 is 0 Å². The highest BCUT2D eigenvalue weighted by molar-refractivity contribution is 5.85. The van der Waals surface area contributed by atoms with Crippen molar-refractivity contribution in [3.63, 3.8) is 0 Å². The summed E-state index contributed by atoms with van der Waals surface area (Å²) in [5, 5.41) is 0. The van der Waals surface area contributed by atoms with Crippen LogP contribution in [0.2, 0.25) is 0 Å². The Balaban J connectivity index is 0.00000400. The number of benzene rings is 1. The van der Waals surface area contributed by atoms with Gasteiger partial charge in [0.15, 0.2) is 0 Å². The van der Waals surface area contributed by atoms with Crippen molar-refractivity contribution in [2.24, 2.45) is 11.5 Å². The van der Waals surface area contributed by atoms with Crippen molar-refractivity contribution in [1.29, 1.82) is 0 Å². The average molecular weight is 313 g/mol. The summed E-state index contributed by atoms with van der Waals surface area (Å²) in [6.45, 7) is 0.785. The van der Waals surface area contributed by atoms with Gasteiger partial charge in [-0.2, -0.15) is 0 Å². The second-order valence-electron chi connectivity index (χ2n) is 5.42. The largest absolute Gasteiger partial charge is 0.330 e. The minimum absolute atomic E-state index is 0. The Morgan fingerprint density at radius 3 is 2.14 bits per heavy atom. The molecule has 4 N–H and O–H groups in total. The average Bonchev–Trinajstić information content (AvgIpc) is 2.47. The van der Waals surface area contributed by atoms with Gasteiger partial charge in [0.05, 0.1) is 6.04 Å². The van der Waals surface area contributed by atoms with E-state index in [1.54, 1.807) is 0 Å². The molecule has 4 heteroatoms. The highest BCUT2D eigenvalue weighted by atomic mass is 35.5. The summed E-state index contributed by atoms with van der Waals surface area (Å²) < 4.78 is 0. The summed E-state index contributed by atoms with van der Waals surface area (Å²) in [5.74, 6) is 0.191. The van der Waals surface area contributed by atoms with Crippen molar-refractivity contribution >= 4 is 18.2 Å². The van der Waals surface area contributed by atoms with Crippen LogP contribution < -0.4 is 11.5 Å². The lowest BCUT2D eigenvalue weighted by atomic mass is 9.99. The molecular formula is C17H29ClN2O. The summed E-state index contributed by atoms with van der Waals surface area (Å²) in [5.41, 5.74) is 12.5. The number of unbranched alkanes of at least 4 members (excludes halogenated alkanes) is 5. The molecule has 0 saturated heterocycles. The van der Waals surface area contributed by atoms with Crippen LogP contribution in [0.25, 0.3) is 0 Å². The number of Topliss-reactive ketones (excluding diaryl/α,β-unsaturated/α-hetero) is 1. The Labute approximate surface area is 134 Å². The predicted octanol–water partition coefficient (Wildman–Crippen LogP) is 3.24. The molecule has 0 aliphatic heterocycles. The lowest BCUT2D eigenvalue weighted by Crippen LogP contribution is -2.32. The van der Waals surface area contributed by atoms with E-state index >= 15 is 0 Å². The van der Waals surface area contributed by atoms with Gasteiger partial charge in [-0.3, -0.25) is 4.79 Å². The third-order valence-corrected chi connectivity index (χ3v) is 3.59. The van der Waals surface area contributed by atoms with Crippen LogP contribution in [0.5, 0.6) is 0 Å². The lowest BCUT2D eigenvalue weighted by molar-refractivity contribution is -0.120. The zero-order chi connectivity index (χ0) is 14.6. The Kier molecular flexibility index (Phi) is 12.3. The molecule has 0 aliphatic carbocycles. The van der Waals surface area contributed by atoms with Crippen molar-refractivity contribution in [2.45, 2.75) is 57.4 Å². The molecule has 0 aliphatic rings. The third-order valence-electron chi connectivity index (χ3n) is 3.59. The van der Waals surface area contributed by atoms with E-state index in [1.165, 1.54) is 19.3 Å². The zero-order valence-corrected chi connectivity index (χ0v) is 13.6. The van der Waals surface area contributed by atoms with Crippen LogP contribution >= 0.6 is 12.4 Å². The monoisotopic (exact) mass is 312 g/mol. The first-order chi connectivity index (χ1) is 9.74. The van der Waals surface area contributed by atoms with Gasteiger partial charge in [-0.15, -0.1) is 12.4 Å². The summed E-state index contributed by atoms with van der Waals surface area (Å²) >= 11 is 0. The molecule has 0 fully saturated rings.